The molecule has 166 valence electrons. The summed E-state index contributed by atoms with van der Waals surface area (Å²) >= 11 is 0. The highest BCUT2D eigenvalue weighted by atomic mass is 19.1. The summed E-state index contributed by atoms with van der Waals surface area (Å²) in [5.41, 5.74) is 0.198. The molecular formula is C23H34FN3O3. The van der Waals surface area contributed by atoms with Crippen LogP contribution in [-0.2, 0) is 11.2 Å². The SMILES string of the molecule is C=CC[C@H](NC(C)=O)[C@H](O)CN[C@H]1CC2(CCC2)Oc2ncc(CC(C)(C)F)cc21. The van der Waals surface area contributed by atoms with Crippen molar-refractivity contribution in [2.45, 2.75) is 88.8 Å². The quantitative estimate of drug-likeness (QED) is 0.536. The van der Waals surface area contributed by atoms with E-state index in [1.165, 1.54) is 6.92 Å². The van der Waals surface area contributed by atoms with Gasteiger partial charge in [0.05, 0.1) is 12.1 Å². The number of hydrogen-bond donors (Lipinski definition) is 3. The molecule has 1 amide bonds. The van der Waals surface area contributed by atoms with Crippen LogP contribution in [0.15, 0.2) is 24.9 Å². The van der Waals surface area contributed by atoms with E-state index >= 15 is 0 Å². The minimum Gasteiger partial charge on any atom is -0.471 e. The Morgan fingerprint density at radius 2 is 2.27 bits per heavy atom. The standard InChI is InChI=1S/C23H34FN3O3/c1-5-7-18(27-15(2)28)20(29)14-25-19-12-23(8-6-9-23)30-21-17(19)10-16(13-26-21)11-22(3,4)24/h5,10,13,18-20,25,29H,1,6-9,11-12,14H2,2-4H3,(H,27,28)/t18-,19-,20+/m0/s1. The average molecular weight is 420 g/mol. The number of nitrogens with zero attached hydrogens (tertiary/aromatic N) is 1. The van der Waals surface area contributed by atoms with Crippen LogP contribution in [0.25, 0.3) is 0 Å². The van der Waals surface area contributed by atoms with Crippen molar-refractivity contribution in [1.82, 2.24) is 15.6 Å². The van der Waals surface area contributed by atoms with Crippen LogP contribution >= 0.6 is 0 Å². The minimum atomic E-state index is -1.32. The molecule has 2 aliphatic rings. The summed E-state index contributed by atoms with van der Waals surface area (Å²) in [4.78, 5) is 16.0. The van der Waals surface area contributed by atoms with Crippen LogP contribution in [0.3, 0.4) is 0 Å². The first-order valence-corrected chi connectivity index (χ1v) is 10.8. The largest absolute Gasteiger partial charge is 0.471 e. The number of aromatic nitrogens is 1. The van der Waals surface area contributed by atoms with E-state index in [-0.39, 0.29) is 24.0 Å². The normalized spacial score (nSPS) is 21.7. The van der Waals surface area contributed by atoms with Gasteiger partial charge in [-0.25, -0.2) is 9.37 Å². The molecule has 30 heavy (non-hydrogen) atoms. The van der Waals surface area contributed by atoms with Gasteiger partial charge in [-0.2, -0.15) is 0 Å². The van der Waals surface area contributed by atoms with E-state index in [1.807, 2.05) is 6.07 Å². The van der Waals surface area contributed by atoms with E-state index in [4.69, 9.17) is 4.74 Å². The van der Waals surface area contributed by atoms with E-state index in [9.17, 15) is 14.3 Å². The molecule has 0 bridgehead atoms. The maximum absolute atomic E-state index is 14.2. The average Bonchev–Trinajstić information content (AvgIpc) is 2.62. The zero-order valence-electron chi connectivity index (χ0n) is 18.2. The van der Waals surface area contributed by atoms with E-state index in [0.29, 0.717) is 18.8 Å². The number of carbonyl (C=O) groups excluding carboxylic acids is 1. The molecule has 3 N–H and O–H groups in total. The lowest BCUT2D eigenvalue weighted by Crippen LogP contribution is -2.51. The molecule has 2 heterocycles. The second-order valence-corrected chi connectivity index (χ2v) is 9.34. The topological polar surface area (TPSA) is 83.5 Å². The van der Waals surface area contributed by atoms with Crippen molar-refractivity contribution in [2.75, 3.05) is 6.54 Å². The molecular weight excluding hydrogens is 385 g/mol. The van der Waals surface area contributed by atoms with Crippen molar-refractivity contribution < 1.29 is 19.0 Å². The van der Waals surface area contributed by atoms with Gasteiger partial charge < -0.3 is 20.5 Å². The van der Waals surface area contributed by atoms with Gasteiger partial charge in [-0.15, -0.1) is 6.58 Å². The van der Waals surface area contributed by atoms with Crippen LogP contribution < -0.4 is 15.4 Å². The van der Waals surface area contributed by atoms with Gasteiger partial charge in [0.15, 0.2) is 0 Å². The number of aliphatic hydroxyl groups excluding tert-OH is 1. The number of carbonyl (C=O) groups is 1. The first-order chi connectivity index (χ1) is 14.1. The predicted octanol–water partition coefficient (Wildman–Crippen LogP) is 3.15. The Morgan fingerprint density at radius 1 is 1.53 bits per heavy atom. The molecule has 1 aliphatic heterocycles. The van der Waals surface area contributed by atoms with Crippen molar-refractivity contribution in [3.63, 3.8) is 0 Å². The first-order valence-electron chi connectivity index (χ1n) is 10.8. The van der Waals surface area contributed by atoms with E-state index in [1.54, 1.807) is 26.1 Å². The van der Waals surface area contributed by atoms with Gasteiger partial charge >= 0.3 is 0 Å². The number of rotatable bonds is 9. The minimum absolute atomic E-state index is 0.0550. The third-order valence-electron chi connectivity index (χ3n) is 5.94. The molecule has 1 spiro atoms. The summed E-state index contributed by atoms with van der Waals surface area (Å²) in [5.74, 6) is 0.409. The highest BCUT2D eigenvalue weighted by Crippen LogP contribution is 2.48. The molecule has 7 heteroatoms. The highest BCUT2D eigenvalue weighted by Gasteiger charge is 2.46. The molecule has 0 radical (unpaired) electrons. The maximum atomic E-state index is 14.2. The fourth-order valence-electron chi connectivity index (χ4n) is 4.38. The summed E-state index contributed by atoms with van der Waals surface area (Å²) in [5, 5.41) is 16.9. The van der Waals surface area contributed by atoms with E-state index in [0.717, 1.165) is 36.8 Å². The summed E-state index contributed by atoms with van der Waals surface area (Å²) in [6.45, 7) is 8.56. The van der Waals surface area contributed by atoms with E-state index < -0.39 is 17.8 Å². The third kappa shape index (κ3) is 5.58. The monoisotopic (exact) mass is 419 g/mol. The Bertz CT molecular complexity index is 773. The number of aliphatic hydroxyl groups is 1. The summed E-state index contributed by atoms with van der Waals surface area (Å²) in [7, 11) is 0. The number of fused-ring (bicyclic) bond motifs is 1. The maximum Gasteiger partial charge on any atom is 0.218 e. The van der Waals surface area contributed by atoms with Crippen molar-refractivity contribution in [2.24, 2.45) is 0 Å². The summed E-state index contributed by atoms with van der Waals surface area (Å²) in [6.07, 6.45) is 7.25. The van der Waals surface area contributed by atoms with Gasteiger partial charge in [0, 0.05) is 44.1 Å². The molecule has 1 aromatic rings. The Labute approximate surface area is 178 Å². The van der Waals surface area contributed by atoms with Crippen LogP contribution in [0.2, 0.25) is 0 Å². The van der Waals surface area contributed by atoms with Crippen molar-refractivity contribution in [3.8, 4) is 5.88 Å². The molecule has 0 saturated heterocycles. The molecule has 3 atom stereocenters. The van der Waals surface area contributed by atoms with Crippen LogP contribution in [0, 0.1) is 0 Å². The molecule has 1 aromatic heterocycles. The lowest BCUT2D eigenvalue weighted by molar-refractivity contribution is -0.120. The molecule has 3 rings (SSSR count). The van der Waals surface area contributed by atoms with Crippen LogP contribution in [0.4, 0.5) is 4.39 Å². The van der Waals surface area contributed by atoms with Gasteiger partial charge in [-0.1, -0.05) is 6.08 Å². The van der Waals surface area contributed by atoms with Gasteiger partial charge in [-0.3, -0.25) is 4.79 Å². The van der Waals surface area contributed by atoms with Crippen LogP contribution in [0.1, 0.15) is 70.0 Å². The van der Waals surface area contributed by atoms with Crippen molar-refractivity contribution in [1.29, 1.82) is 0 Å². The molecule has 6 nitrogen and oxygen atoms in total. The van der Waals surface area contributed by atoms with Gasteiger partial charge in [0.1, 0.15) is 11.3 Å². The number of halogens is 1. The van der Waals surface area contributed by atoms with E-state index in [2.05, 4.69) is 22.2 Å². The number of ether oxygens (including phenoxy) is 1. The third-order valence-corrected chi connectivity index (χ3v) is 5.94. The number of hydrogen-bond acceptors (Lipinski definition) is 5. The second kappa shape index (κ2) is 9.02. The Morgan fingerprint density at radius 3 is 2.83 bits per heavy atom. The second-order valence-electron chi connectivity index (χ2n) is 9.34. The molecule has 1 fully saturated rings. The van der Waals surface area contributed by atoms with Crippen molar-refractivity contribution in [3.05, 3.63) is 36.0 Å². The first kappa shape index (κ1) is 22.7. The van der Waals surface area contributed by atoms with Crippen LogP contribution in [-0.4, -0.2) is 46.0 Å². The lowest BCUT2D eigenvalue weighted by atomic mass is 9.73. The summed E-state index contributed by atoms with van der Waals surface area (Å²) < 4.78 is 20.4. The number of alkyl halides is 1. The van der Waals surface area contributed by atoms with Crippen LogP contribution in [0.5, 0.6) is 5.88 Å². The molecule has 1 aliphatic carbocycles. The molecule has 0 aromatic carbocycles. The fraction of sp³-hybridized carbons (Fsp3) is 0.652. The van der Waals surface area contributed by atoms with Gasteiger partial charge in [0.2, 0.25) is 11.8 Å². The zero-order chi connectivity index (χ0) is 21.9. The fourth-order valence-corrected chi connectivity index (χ4v) is 4.38. The number of nitrogens with one attached hydrogen (secondary N) is 2. The zero-order valence-corrected chi connectivity index (χ0v) is 18.2. The Balaban J connectivity index is 1.76. The number of amides is 1. The Kier molecular flexibility index (Phi) is 6.82. The summed E-state index contributed by atoms with van der Waals surface area (Å²) in [6, 6.07) is 1.51. The highest BCUT2D eigenvalue weighted by molar-refractivity contribution is 5.73. The van der Waals surface area contributed by atoms with Gasteiger partial charge in [-0.05, 0) is 51.2 Å². The number of pyridine rings is 1. The lowest BCUT2D eigenvalue weighted by Gasteiger charge is -2.47. The smallest absolute Gasteiger partial charge is 0.218 e. The van der Waals surface area contributed by atoms with Gasteiger partial charge in [0.25, 0.3) is 0 Å². The predicted molar refractivity (Wildman–Crippen MR) is 114 cm³/mol. The molecule has 1 saturated carbocycles. The van der Waals surface area contributed by atoms with Crippen molar-refractivity contribution >= 4 is 5.91 Å². The Hall–Kier alpha value is -1.99. The molecule has 0 unspecified atom stereocenters.